The maximum Gasteiger partial charge on any atom is 0.421 e. The Morgan fingerprint density at radius 1 is 1.24 bits per heavy atom. The van der Waals surface area contributed by atoms with E-state index in [2.05, 4.69) is 25.9 Å². The minimum Gasteiger partial charge on any atom is -0.494 e. The molecule has 0 amide bonds. The van der Waals surface area contributed by atoms with Gasteiger partial charge in [0.2, 0.25) is 5.95 Å². The first-order chi connectivity index (χ1) is 11.8. The van der Waals surface area contributed by atoms with Crippen LogP contribution in [0.1, 0.15) is 5.56 Å². The summed E-state index contributed by atoms with van der Waals surface area (Å²) in [4.78, 5) is 7.56. The molecule has 0 aliphatic heterocycles. The second-order valence-corrected chi connectivity index (χ2v) is 4.87. The minimum absolute atomic E-state index is 0.0346. The highest BCUT2D eigenvalue weighted by Crippen LogP contribution is 2.34. The molecule has 0 saturated heterocycles. The Morgan fingerprint density at radius 2 is 1.96 bits per heavy atom. The summed E-state index contributed by atoms with van der Waals surface area (Å²) in [7, 11) is 4.45. The molecule has 1 aliphatic carbocycles. The fourth-order valence-electron chi connectivity index (χ4n) is 2.13. The number of anilines is 2. The van der Waals surface area contributed by atoms with Gasteiger partial charge in [-0.1, -0.05) is 0 Å². The Labute approximate surface area is 142 Å². The number of alkyl halides is 3. The van der Waals surface area contributed by atoms with Crippen molar-refractivity contribution >= 4 is 17.5 Å². The van der Waals surface area contributed by atoms with E-state index >= 15 is 0 Å². The maximum atomic E-state index is 12.9. The second-order valence-electron chi connectivity index (χ2n) is 4.87. The zero-order valence-corrected chi connectivity index (χ0v) is 13.7. The molecular weight excluding hydrogens is 337 g/mol. The lowest BCUT2D eigenvalue weighted by Crippen LogP contribution is -2.20. The number of hydrogen-bond donors (Lipinski definition) is 4. The molecule has 0 fully saturated rings. The molecule has 1 aliphatic rings. The standard InChI is InChI=1S/C15H17F3N6O/c1-20-6-8-10(4-5-11(25-3)12(8)19)23-14-22-7-9(15(16,17)18)13(21-2)24-14/h4-7,19-20H,1-3H3,(H2,21,22,23,24)/b8-6-,19-12?. The number of nitrogens with zero attached hydrogens (tertiary/aromatic N) is 2. The number of nitrogens with one attached hydrogen (secondary N) is 4. The summed E-state index contributed by atoms with van der Waals surface area (Å²) in [5.41, 5.74) is 0.0550. The van der Waals surface area contributed by atoms with Crippen LogP contribution in [0.4, 0.5) is 24.9 Å². The maximum absolute atomic E-state index is 12.9. The van der Waals surface area contributed by atoms with Gasteiger partial charge < -0.3 is 20.7 Å². The van der Waals surface area contributed by atoms with Crippen molar-refractivity contribution in [2.75, 3.05) is 31.8 Å². The van der Waals surface area contributed by atoms with Gasteiger partial charge in [-0.3, -0.25) is 5.41 Å². The number of methoxy groups -OCH3 is 1. The Morgan fingerprint density at radius 3 is 2.52 bits per heavy atom. The summed E-state index contributed by atoms with van der Waals surface area (Å²) in [6.07, 6.45) is 0.904. The van der Waals surface area contributed by atoms with E-state index in [1.54, 1.807) is 25.4 Å². The van der Waals surface area contributed by atoms with E-state index in [9.17, 15) is 13.2 Å². The molecule has 10 heteroatoms. The van der Waals surface area contributed by atoms with Gasteiger partial charge in [0.05, 0.1) is 12.8 Å². The first-order valence-corrected chi connectivity index (χ1v) is 7.14. The minimum atomic E-state index is -4.56. The van der Waals surface area contributed by atoms with Crippen molar-refractivity contribution in [3.8, 4) is 0 Å². The van der Waals surface area contributed by atoms with Gasteiger partial charge in [0, 0.05) is 32.1 Å². The van der Waals surface area contributed by atoms with Crippen molar-refractivity contribution in [1.82, 2.24) is 15.3 Å². The molecule has 0 spiro atoms. The van der Waals surface area contributed by atoms with Crippen LogP contribution in [0.15, 0.2) is 41.6 Å². The van der Waals surface area contributed by atoms with Crippen molar-refractivity contribution < 1.29 is 17.9 Å². The number of hydrogen-bond acceptors (Lipinski definition) is 7. The quantitative estimate of drug-likeness (QED) is 0.649. The van der Waals surface area contributed by atoms with Crippen molar-refractivity contribution in [3.63, 3.8) is 0 Å². The van der Waals surface area contributed by atoms with Gasteiger partial charge in [0.15, 0.2) is 0 Å². The molecule has 0 bridgehead atoms. The predicted octanol–water partition coefficient (Wildman–Crippen LogP) is 2.50. The fraction of sp³-hybridized carbons (Fsp3) is 0.267. The molecule has 25 heavy (non-hydrogen) atoms. The summed E-state index contributed by atoms with van der Waals surface area (Å²) in [6.45, 7) is 0. The lowest BCUT2D eigenvalue weighted by molar-refractivity contribution is -0.137. The smallest absolute Gasteiger partial charge is 0.421 e. The third-order valence-electron chi connectivity index (χ3n) is 3.29. The molecule has 0 saturated carbocycles. The van der Waals surface area contributed by atoms with Crippen LogP contribution in [0.25, 0.3) is 0 Å². The van der Waals surface area contributed by atoms with Crippen LogP contribution in [0.5, 0.6) is 0 Å². The zero-order valence-electron chi connectivity index (χ0n) is 13.7. The van der Waals surface area contributed by atoms with Gasteiger partial charge in [0.1, 0.15) is 22.9 Å². The molecule has 4 N–H and O–H groups in total. The molecule has 1 aromatic heterocycles. The van der Waals surface area contributed by atoms with Crippen LogP contribution in [-0.2, 0) is 10.9 Å². The lowest BCUT2D eigenvalue weighted by atomic mass is 10.0. The largest absolute Gasteiger partial charge is 0.494 e. The molecule has 0 aromatic carbocycles. The SMILES string of the molecule is CN/C=C1\C(=N)C(OC)=CC=C1Nc1ncc(C(F)(F)F)c(NC)n1. The summed E-state index contributed by atoms with van der Waals surface area (Å²) < 4.78 is 43.8. The normalized spacial score (nSPS) is 16.2. The Balaban J connectivity index is 2.38. The van der Waals surface area contributed by atoms with Crippen molar-refractivity contribution in [1.29, 1.82) is 5.41 Å². The third kappa shape index (κ3) is 3.90. The van der Waals surface area contributed by atoms with Gasteiger partial charge in [-0.25, -0.2) is 4.98 Å². The summed E-state index contributed by atoms with van der Waals surface area (Å²) in [6, 6.07) is 0. The van der Waals surface area contributed by atoms with Gasteiger partial charge in [-0.05, 0) is 12.2 Å². The van der Waals surface area contributed by atoms with E-state index in [-0.39, 0.29) is 17.5 Å². The van der Waals surface area contributed by atoms with E-state index in [1.807, 2.05) is 0 Å². The number of halogens is 3. The first-order valence-electron chi connectivity index (χ1n) is 7.14. The average Bonchev–Trinajstić information content (AvgIpc) is 2.57. The highest BCUT2D eigenvalue weighted by molar-refractivity contribution is 6.13. The lowest BCUT2D eigenvalue weighted by Gasteiger charge is -2.20. The van der Waals surface area contributed by atoms with Gasteiger partial charge >= 0.3 is 6.18 Å². The van der Waals surface area contributed by atoms with Gasteiger partial charge in [-0.2, -0.15) is 18.2 Å². The van der Waals surface area contributed by atoms with Crippen LogP contribution in [0.2, 0.25) is 0 Å². The number of ether oxygens (including phenoxy) is 1. The zero-order chi connectivity index (χ0) is 18.6. The summed E-state index contributed by atoms with van der Waals surface area (Å²) in [5, 5.41) is 16.2. The van der Waals surface area contributed by atoms with Crippen LogP contribution in [0.3, 0.4) is 0 Å². The van der Waals surface area contributed by atoms with Crippen LogP contribution < -0.4 is 16.0 Å². The van der Waals surface area contributed by atoms with Crippen molar-refractivity contribution in [3.05, 3.63) is 47.1 Å². The summed E-state index contributed by atoms with van der Waals surface area (Å²) in [5.74, 6) is -0.0206. The molecule has 2 rings (SSSR count). The van der Waals surface area contributed by atoms with E-state index < -0.39 is 11.7 Å². The average molecular weight is 354 g/mol. The molecule has 1 heterocycles. The number of allylic oxidation sites excluding steroid dienone is 4. The van der Waals surface area contributed by atoms with E-state index in [1.165, 1.54) is 14.2 Å². The molecule has 0 radical (unpaired) electrons. The molecule has 0 atom stereocenters. The van der Waals surface area contributed by atoms with Crippen molar-refractivity contribution in [2.24, 2.45) is 0 Å². The van der Waals surface area contributed by atoms with Gasteiger partial charge in [0.25, 0.3) is 0 Å². The highest BCUT2D eigenvalue weighted by atomic mass is 19.4. The molecule has 7 nitrogen and oxygen atoms in total. The third-order valence-corrected chi connectivity index (χ3v) is 3.29. The van der Waals surface area contributed by atoms with Crippen LogP contribution in [-0.4, -0.2) is 36.9 Å². The van der Waals surface area contributed by atoms with Crippen molar-refractivity contribution in [2.45, 2.75) is 6.18 Å². The predicted molar refractivity (Wildman–Crippen MR) is 88.2 cm³/mol. The molecule has 0 unspecified atom stereocenters. The monoisotopic (exact) mass is 354 g/mol. The van der Waals surface area contributed by atoms with E-state index in [0.29, 0.717) is 23.2 Å². The van der Waals surface area contributed by atoms with Crippen LogP contribution >= 0.6 is 0 Å². The Hall–Kier alpha value is -3.04. The highest BCUT2D eigenvalue weighted by Gasteiger charge is 2.35. The topological polar surface area (TPSA) is 95.0 Å². The summed E-state index contributed by atoms with van der Waals surface area (Å²) >= 11 is 0. The van der Waals surface area contributed by atoms with E-state index in [4.69, 9.17) is 10.1 Å². The Kier molecular flexibility index (Phi) is 5.30. The number of aromatic nitrogens is 2. The molecule has 134 valence electrons. The first kappa shape index (κ1) is 18.3. The van der Waals surface area contributed by atoms with E-state index in [0.717, 1.165) is 0 Å². The number of rotatable bonds is 5. The second kappa shape index (κ2) is 7.24. The molecular formula is C15H17F3N6O. The fourth-order valence-corrected chi connectivity index (χ4v) is 2.13. The van der Waals surface area contributed by atoms with Gasteiger partial charge in [-0.15, -0.1) is 0 Å². The van der Waals surface area contributed by atoms with Crippen LogP contribution in [0, 0.1) is 5.41 Å². The Bertz CT molecular complexity index is 767. The molecule has 1 aromatic rings.